The van der Waals surface area contributed by atoms with Gasteiger partial charge in [0.25, 0.3) is 0 Å². The molecule has 0 aromatic carbocycles. The molecule has 0 aromatic rings. The van der Waals surface area contributed by atoms with Gasteiger partial charge in [0.15, 0.2) is 6.10 Å². The highest BCUT2D eigenvalue weighted by Gasteiger charge is 2.19. The molecular weight excluding hydrogens is 925 g/mol. The van der Waals surface area contributed by atoms with Crippen molar-refractivity contribution in [2.75, 3.05) is 13.2 Å². The van der Waals surface area contributed by atoms with Crippen molar-refractivity contribution in [2.45, 2.75) is 309 Å². The predicted octanol–water partition coefficient (Wildman–Crippen LogP) is 21.7. The van der Waals surface area contributed by atoms with E-state index in [0.717, 1.165) is 83.5 Å². The summed E-state index contributed by atoms with van der Waals surface area (Å²) in [6, 6.07) is 0. The molecular formula is C69H118O6. The zero-order valence-corrected chi connectivity index (χ0v) is 49.3. The molecule has 0 aliphatic carbocycles. The Morgan fingerprint density at radius 1 is 0.280 bits per heavy atom. The third-order valence-electron chi connectivity index (χ3n) is 13.6. The molecule has 0 aliphatic heterocycles. The number of allylic oxidation sites excluding steroid dienone is 16. The molecule has 430 valence electrons. The van der Waals surface area contributed by atoms with Gasteiger partial charge in [-0.1, -0.05) is 291 Å². The normalized spacial score (nSPS) is 12.7. The van der Waals surface area contributed by atoms with Gasteiger partial charge in [0.2, 0.25) is 0 Å². The molecule has 0 amide bonds. The van der Waals surface area contributed by atoms with Crippen molar-refractivity contribution in [2.24, 2.45) is 0 Å². The summed E-state index contributed by atoms with van der Waals surface area (Å²) >= 11 is 0. The summed E-state index contributed by atoms with van der Waals surface area (Å²) in [7, 11) is 0. The highest BCUT2D eigenvalue weighted by atomic mass is 16.6. The highest BCUT2D eigenvalue weighted by Crippen LogP contribution is 2.16. The van der Waals surface area contributed by atoms with E-state index in [2.05, 4.69) is 112 Å². The smallest absolute Gasteiger partial charge is 0.306 e. The lowest BCUT2D eigenvalue weighted by molar-refractivity contribution is -0.166. The van der Waals surface area contributed by atoms with Crippen LogP contribution in [0.3, 0.4) is 0 Å². The maximum absolute atomic E-state index is 12.9. The topological polar surface area (TPSA) is 78.9 Å². The number of esters is 3. The molecule has 75 heavy (non-hydrogen) atoms. The first-order valence-electron chi connectivity index (χ1n) is 31.7. The molecule has 1 unspecified atom stereocenters. The first kappa shape index (κ1) is 71.3. The Balaban J connectivity index is 4.47. The fraction of sp³-hybridized carbons (Fsp3) is 0.725. The van der Waals surface area contributed by atoms with Crippen molar-refractivity contribution in [3.8, 4) is 0 Å². The Bertz CT molecular complexity index is 1480. The van der Waals surface area contributed by atoms with E-state index in [1.165, 1.54) is 173 Å². The third-order valence-corrected chi connectivity index (χ3v) is 13.6. The number of hydrogen-bond donors (Lipinski definition) is 0. The molecule has 0 bridgehead atoms. The maximum Gasteiger partial charge on any atom is 0.306 e. The van der Waals surface area contributed by atoms with Crippen molar-refractivity contribution in [3.05, 3.63) is 97.2 Å². The van der Waals surface area contributed by atoms with Crippen LogP contribution in [-0.2, 0) is 28.6 Å². The molecule has 0 N–H and O–H groups in total. The summed E-state index contributed by atoms with van der Waals surface area (Å²) in [5.41, 5.74) is 0. The molecule has 1 atom stereocenters. The summed E-state index contributed by atoms with van der Waals surface area (Å²) in [6.45, 7) is 6.48. The zero-order chi connectivity index (χ0) is 54.3. The third kappa shape index (κ3) is 61.1. The van der Waals surface area contributed by atoms with Gasteiger partial charge in [0, 0.05) is 19.3 Å². The van der Waals surface area contributed by atoms with Gasteiger partial charge in [0.05, 0.1) is 0 Å². The first-order valence-corrected chi connectivity index (χ1v) is 31.7. The van der Waals surface area contributed by atoms with Crippen molar-refractivity contribution in [3.63, 3.8) is 0 Å². The predicted molar refractivity (Wildman–Crippen MR) is 325 cm³/mol. The molecule has 6 nitrogen and oxygen atoms in total. The van der Waals surface area contributed by atoms with Crippen molar-refractivity contribution >= 4 is 17.9 Å². The summed E-state index contributed by atoms with van der Waals surface area (Å²) in [5.74, 6) is -0.985. The number of hydrogen-bond acceptors (Lipinski definition) is 6. The number of rotatable bonds is 57. The van der Waals surface area contributed by atoms with Crippen molar-refractivity contribution < 1.29 is 28.6 Å². The molecule has 0 heterocycles. The van der Waals surface area contributed by atoms with Gasteiger partial charge in [-0.25, -0.2) is 0 Å². The highest BCUT2D eigenvalue weighted by molar-refractivity contribution is 5.71. The Kier molecular flexibility index (Phi) is 59.8. The van der Waals surface area contributed by atoms with E-state index < -0.39 is 12.1 Å². The van der Waals surface area contributed by atoms with Crippen LogP contribution in [0.15, 0.2) is 97.2 Å². The molecule has 0 fully saturated rings. The fourth-order valence-electron chi connectivity index (χ4n) is 8.85. The van der Waals surface area contributed by atoms with Gasteiger partial charge in [-0.15, -0.1) is 0 Å². The molecule has 6 heteroatoms. The lowest BCUT2D eigenvalue weighted by Crippen LogP contribution is -2.30. The quantitative estimate of drug-likeness (QED) is 0.0261. The second kappa shape index (κ2) is 62.9. The van der Waals surface area contributed by atoms with E-state index in [1.54, 1.807) is 0 Å². The Morgan fingerprint density at radius 3 is 0.867 bits per heavy atom. The zero-order valence-electron chi connectivity index (χ0n) is 49.3. The van der Waals surface area contributed by atoms with E-state index >= 15 is 0 Å². The van der Waals surface area contributed by atoms with Crippen LogP contribution in [0, 0.1) is 0 Å². The first-order chi connectivity index (χ1) is 37.0. The van der Waals surface area contributed by atoms with Crippen LogP contribution in [0.4, 0.5) is 0 Å². The lowest BCUT2D eigenvalue weighted by Gasteiger charge is -2.18. The monoisotopic (exact) mass is 1040 g/mol. The molecule has 0 radical (unpaired) electrons. The van der Waals surface area contributed by atoms with Crippen molar-refractivity contribution in [1.29, 1.82) is 0 Å². The van der Waals surface area contributed by atoms with Crippen LogP contribution < -0.4 is 0 Å². The summed E-state index contributed by atoms with van der Waals surface area (Å²) in [4.78, 5) is 38.3. The number of carbonyl (C=O) groups excluding carboxylic acids is 3. The minimum absolute atomic E-state index is 0.107. The van der Waals surface area contributed by atoms with E-state index in [4.69, 9.17) is 14.2 Å². The van der Waals surface area contributed by atoms with Crippen LogP contribution >= 0.6 is 0 Å². The molecule has 0 aromatic heterocycles. The van der Waals surface area contributed by atoms with Crippen LogP contribution in [0.5, 0.6) is 0 Å². The van der Waals surface area contributed by atoms with Gasteiger partial charge < -0.3 is 14.2 Å². The maximum atomic E-state index is 12.9. The van der Waals surface area contributed by atoms with Gasteiger partial charge in [-0.2, -0.15) is 0 Å². The van der Waals surface area contributed by atoms with Gasteiger partial charge in [-0.3, -0.25) is 14.4 Å². The molecule has 0 saturated heterocycles. The van der Waals surface area contributed by atoms with Crippen LogP contribution in [0.25, 0.3) is 0 Å². The van der Waals surface area contributed by atoms with Gasteiger partial charge in [-0.05, 0) is 89.9 Å². The molecule has 0 aliphatic rings. The molecule has 0 rings (SSSR count). The summed E-state index contributed by atoms with van der Waals surface area (Å²) in [6.07, 6.45) is 84.2. The Labute approximate surface area is 464 Å². The average Bonchev–Trinajstić information content (AvgIpc) is 3.41. The van der Waals surface area contributed by atoms with E-state index in [0.29, 0.717) is 19.3 Å². The average molecular weight is 1040 g/mol. The SMILES string of the molecule is CC/C=C\C/C=C\C/C=C\C/C=C\C/C=C\C/C=C\CCC(=O)OC(COC(=O)CCCCCCCCCCC/C=C\C/C=C\CCCCCCC)COC(=O)CCCCCCCCCCCCCCCCCCC. The molecule has 0 spiro atoms. The number of unbranched alkanes of at least 4 members (excludes halogenated alkanes) is 30. The number of carbonyl (C=O) groups is 3. The van der Waals surface area contributed by atoms with Gasteiger partial charge in [0.1, 0.15) is 13.2 Å². The van der Waals surface area contributed by atoms with Crippen LogP contribution in [0.1, 0.15) is 303 Å². The van der Waals surface area contributed by atoms with Crippen LogP contribution in [-0.4, -0.2) is 37.2 Å². The van der Waals surface area contributed by atoms with Gasteiger partial charge >= 0.3 is 17.9 Å². The minimum atomic E-state index is -0.820. The van der Waals surface area contributed by atoms with Crippen LogP contribution in [0.2, 0.25) is 0 Å². The summed E-state index contributed by atoms with van der Waals surface area (Å²) in [5, 5.41) is 0. The van der Waals surface area contributed by atoms with E-state index in [9.17, 15) is 14.4 Å². The Morgan fingerprint density at radius 2 is 0.547 bits per heavy atom. The van der Waals surface area contributed by atoms with E-state index in [1.807, 2.05) is 6.08 Å². The summed E-state index contributed by atoms with van der Waals surface area (Å²) < 4.78 is 16.9. The van der Waals surface area contributed by atoms with Crippen molar-refractivity contribution in [1.82, 2.24) is 0 Å². The standard InChI is InChI=1S/C69H118O6/c1-4-7-10-13-16-19-22-25-28-31-33-34-36-38-41-44-47-50-53-56-59-62-68(71)74-65-66(64-73-67(70)61-58-55-52-49-46-43-40-37-30-27-24-21-18-15-12-9-6-3)75-69(72)63-60-57-54-51-48-45-42-39-35-32-29-26-23-20-17-14-11-8-5-2/h8,11,17,20,22,25-26,29,31,33,35,39,45,48,54,57,66H,4-7,9-10,12-16,18-19,21,23-24,27-28,30,32,34,36-38,40-44,46-47,49-53,55-56,58-65H2,1-3H3/b11-8-,20-17-,25-22-,29-26-,33-31-,39-35-,48-45-,57-54-. The largest absolute Gasteiger partial charge is 0.462 e. The Hall–Kier alpha value is -3.67. The second-order valence-corrected chi connectivity index (χ2v) is 20.9. The number of ether oxygens (including phenoxy) is 3. The second-order valence-electron chi connectivity index (χ2n) is 20.9. The minimum Gasteiger partial charge on any atom is -0.462 e. The molecule has 0 saturated carbocycles. The van der Waals surface area contributed by atoms with E-state index in [-0.39, 0.29) is 31.6 Å². The fourth-order valence-corrected chi connectivity index (χ4v) is 8.85. The lowest BCUT2D eigenvalue weighted by atomic mass is 10.0.